The Morgan fingerprint density at radius 3 is 2.77 bits per heavy atom. The third-order valence-electron chi connectivity index (χ3n) is 1.83. The molecule has 13 heavy (non-hydrogen) atoms. The lowest BCUT2D eigenvalue weighted by atomic mass is 10.3. The molecular weight excluding hydrogens is 164 g/mol. The van der Waals surface area contributed by atoms with Crippen molar-refractivity contribution in [1.29, 1.82) is 0 Å². The first-order chi connectivity index (χ1) is 6.40. The molecule has 0 bridgehead atoms. The third kappa shape index (κ3) is 1.54. The first-order valence-electron chi connectivity index (χ1n) is 4.08. The summed E-state index contributed by atoms with van der Waals surface area (Å²) in [5.74, 6) is 0.794. The molecule has 66 valence electrons. The Kier molecular flexibility index (Phi) is 2.00. The van der Waals surface area contributed by atoms with Crippen molar-refractivity contribution in [3.8, 4) is 11.5 Å². The molecule has 2 aromatic rings. The molecule has 0 amide bonds. The van der Waals surface area contributed by atoms with Gasteiger partial charge in [0.05, 0.1) is 18.1 Å². The van der Waals surface area contributed by atoms with Gasteiger partial charge in [-0.25, -0.2) is 0 Å². The maximum absolute atomic E-state index is 5.21. The van der Waals surface area contributed by atoms with Gasteiger partial charge >= 0.3 is 0 Å². The summed E-state index contributed by atoms with van der Waals surface area (Å²) < 4.78 is 5.21. The van der Waals surface area contributed by atoms with Gasteiger partial charge in [-0.05, 0) is 24.3 Å². The van der Waals surface area contributed by atoms with Gasteiger partial charge in [0.2, 0.25) is 0 Å². The van der Waals surface area contributed by atoms with Gasteiger partial charge < -0.3 is 9.73 Å². The Bertz CT molecular complexity index is 364. The van der Waals surface area contributed by atoms with Crippen LogP contribution >= 0.6 is 0 Å². The highest BCUT2D eigenvalue weighted by atomic mass is 16.3. The first-order valence-corrected chi connectivity index (χ1v) is 4.08. The van der Waals surface area contributed by atoms with Crippen LogP contribution in [0.4, 0.5) is 5.69 Å². The predicted molar refractivity (Wildman–Crippen MR) is 51.5 cm³/mol. The molecule has 2 aromatic heterocycles. The quantitative estimate of drug-likeness (QED) is 0.759. The van der Waals surface area contributed by atoms with E-state index in [2.05, 4.69) is 10.3 Å². The molecule has 2 rings (SSSR count). The maximum atomic E-state index is 5.21. The molecule has 0 aliphatic heterocycles. The van der Waals surface area contributed by atoms with Gasteiger partial charge in [-0.2, -0.15) is 0 Å². The fraction of sp³-hybridized carbons (Fsp3) is 0.100. The van der Waals surface area contributed by atoms with Crippen LogP contribution in [-0.2, 0) is 0 Å². The lowest BCUT2D eigenvalue weighted by molar-refractivity contribution is 0.580. The topological polar surface area (TPSA) is 38.1 Å². The fourth-order valence-electron chi connectivity index (χ4n) is 1.11. The van der Waals surface area contributed by atoms with E-state index in [-0.39, 0.29) is 0 Å². The van der Waals surface area contributed by atoms with Crippen molar-refractivity contribution in [3.63, 3.8) is 0 Å². The Hall–Kier alpha value is -1.77. The largest absolute Gasteiger partial charge is 0.463 e. The lowest BCUT2D eigenvalue weighted by Gasteiger charge is -1.99. The van der Waals surface area contributed by atoms with E-state index in [1.54, 1.807) is 12.5 Å². The van der Waals surface area contributed by atoms with Crippen molar-refractivity contribution in [2.75, 3.05) is 12.4 Å². The van der Waals surface area contributed by atoms with Gasteiger partial charge in [0.25, 0.3) is 0 Å². The predicted octanol–water partition coefficient (Wildman–Crippen LogP) is 2.38. The monoisotopic (exact) mass is 174 g/mol. The molecule has 3 heteroatoms. The van der Waals surface area contributed by atoms with Crippen molar-refractivity contribution >= 4 is 5.69 Å². The second kappa shape index (κ2) is 3.31. The number of hydrogen-bond acceptors (Lipinski definition) is 3. The summed E-state index contributed by atoms with van der Waals surface area (Å²) in [6, 6.07) is 7.62. The molecule has 0 radical (unpaired) electrons. The standard InChI is InChI=1S/C10H10N2O/c1-11-8-4-5-9(12-7-8)10-3-2-6-13-10/h2-7,11H,1H3. The number of rotatable bonds is 2. The minimum Gasteiger partial charge on any atom is -0.463 e. The van der Waals surface area contributed by atoms with Crippen LogP contribution in [0, 0.1) is 0 Å². The number of furan rings is 1. The van der Waals surface area contributed by atoms with E-state index in [0.717, 1.165) is 17.1 Å². The van der Waals surface area contributed by atoms with E-state index in [9.17, 15) is 0 Å². The zero-order valence-corrected chi connectivity index (χ0v) is 7.32. The van der Waals surface area contributed by atoms with E-state index >= 15 is 0 Å². The molecule has 0 saturated heterocycles. The Labute approximate surface area is 76.4 Å². The summed E-state index contributed by atoms with van der Waals surface area (Å²) in [6.07, 6.45) is 3.42. The molecule has 0 unspecified atom stereocenters. The number of nitrogens with one attached hydrogen (secondary N) is 1. The average molecular weight is 174 g/mol. The zero-order chi connectivity index (χ0) is 9.10. The fourth-order valence-corrected chi connectivity index (χ4v) is 1.11. The summed E-state index contributed by atoms with van der Waals surface area (Å²) in [7, 11) is 1.86. The van der Waals surface area contributed by atoms with E-state index in [1.807, 2.05) is 31.3 Å². The third-order valence-corrected chi connectivity index (χ3v) is 1.83. The van der Waals surface area contributed by atoms with E-state index < -0.39 is 0 Å². The van der Waals surface area contributed by atoms with Crippen molar-refractivity contribution in [2.24, 2.45) is 0 Å². The van der Waals surface area contributed by atoms with Gasteiger partial charge in [0, 0.05) is 7.05 Å². The van der Waals surface area contributed by atoms with E-state index in [1.165, 1.54) is 0 Å². The Morgan fingerprint density at radius 1 is 1.31 bits per heavy atom. The summed E-state index contributed by atoms with van der Waals surface area (Å²) >= 11 is 0. The minimum absolute atomic E-state index is 0.794. The highest BCUT2D eigenvalue weighted by Crippen LogP contribution is 2.18. The van der Waals surface area contributed by atoms with E-state index in [0.29, 0.717) is 0 Å². The summed E-state index contributed by atoms with van der Waals surface area (Å²) in [5.41, 5.74) is 1.85. The number of hydrogen-bond donors (Lipinski definition) is 1. The molecule has 3 nitrogen and oxygen atoms in total. The second-order valence-corrected chi connectivity index (χ2v) is 2.66. The molecule has 0 atom stereocenters. The molecule has 0 aliphatic carbocycles. The SMILES string of the molecule is CNc1ccc(-c2ccco2)nc1. The smallest absolute Gasteiger partial charge is 0.152 e. The molecule has 0 aliphatic rings. The second-order valence-electron chi connectivity index (χ2n) is 2.66. The van der Waals surface area contributed by atoms with Crippen LogP contribution in [0.1, 0.15) is 0 Å². The highest BCUT2D eigenvalue weighted by molar-refractivity contribution is 5.55. The number of nitrogens with zero attached hydrogens (tertiary/aromatic N) is 1. The lowest BCUT2D eigenvalue weighted by Crippen LogP contribution is -1.89. The van der Waals surface area contributed by atoms with Crippen LogP contribution in [0.15, 0.2) is 41.1 Å². The van der Waals surface area contributed by atoms with Gasteiger partial charge in [-0.15, -0.1) is 0 Å². The van der Waals surface area contributed by atoms with Gasteiger partial charge in [-0.1, -0.05) is 0 Å². The Morgan fingerprint density at radius 2 is 2.23 bits per heavy atom. The van der Waals surface area contributed by atoms with Crippen molar-refractivity contribution in [3.05, 3.63) is 36.7 Å². The maximum Gasteiger partial charge on any atom is 0.152 e. The molecule has 2 heterocycles. The minimum atomic E-state index is 0.794. The normalized spacial score (nSPS) is 9.92. The van der Waals surface area contributed by atoms with Crippen molar-refractivity contribution in [2.45, 2.75) is 0 Å². The van der Waals surface area contributed by atoms with Crippen LogP contribution < -0.4 is 5.32 Å². The number of pyridine rings is 1. The number of anilines is 1. The summed E-state index contributed by atoms with van der Waals surface area (Å²) in [5, 5.41) is 3.01. The van der Waals surface area contributed by atoms with Gasteiger partial charge in [-0.3, -0.25) is 4.98 Å². The summed E-state index contributed by atoms with van der Waals surface area (Å²) in [4.78, 5) is 4.24. The molecule has 0 aromatic carbocycles. The molecule has 0 saturated carbocycles. The molecular formula is C10H10N2O. The molecule has 1 N–H and O–H groups in total. The van der Waals surface area contributed by atoms with Crippen molar-refractivity contribution in [1.82, 2.24) is 4.98 Å². The first kappa shape index (κ1) is 7.86. The average Bonchev–Trinajstić information content (AvgIpc) is 2.71. The van der Waals surface area contributed by atoms with E-state index in [4.69, 9.17) is 4.42 Å². The summed E-state index contributed by atoms with van der Waals surface area (Å²) in [6.45, 7) is 0. The molecule has 0 fully saturated rings. The molecule has 0 spiro atoms. The van der Waals surface area contributed by atoms with Crippen LogP contribution in [0.5, 0.6) is 0 Å². The van der Waals surface area contributed by atoms with Crippen LogP contribution in [0.25, 0.3) is 11.5 Å². The van der Waals surface area contributed by atoms with Gasteiger partial charge in [0.15, 0.2) is 5.76 Å². The van der Waals surface area contributed by atoms with Crippen LogP contribution in [0.3, 0.4) is 0 Å². The van der Waals surface area contributed by atoms with Crippen molar-refractivity contribution < 1.29 is 4.42 Å². The number of aromatic nitrogens is 1. The Balaban J connectivity index is 2.33. The zero-order valence-electron chi connectivity index (χ0n) is 7.32. The van der Waals surface area contributed by atoms with Crippen LogP contribution in [0.2, 0.25) is 0 Å². The highest BCUT2D eigenvalue weighted by Gasteiger charge is 2.00. The van der Waals surface area contributed by atoms with Gasteiger partial charge in [0.1, 0.15) is 5.69 Å². The van der Waals surface area contributed by atoms with Crippen LogP contribution in [-0.4, -0.2) is 12.0 Å².